The number of aromatic amines is 1. The van der Waals surface area contributed by atoms with Gasteiger partial charge >= 0.3 is 0 Å². The summed E-state index contributed by atoms with van der Waals surface area (Å²) in [7, 11) is 0. The number of nitrogens with two attached hydrogens (primary N) is 1. The molecule has 68 valence electrons. The van der Waals surface area contributed by atoms with Crippen molar-refractivity contribution in [3.05, 3.63) is 41.6 Å². The van der Waals surface area contributed by atoms with Crippen molar-refractivity contribution in [3.8, 4) is 0 Å². The molecule has 0 saturated carbocycles. The fourth-order valence-corrected chi connectivity index (χ4v) is 1.22. The lowest BCUT2D eigenvalue weighted by Crippen LogP contribution is -2.09. The highest BCUT2D eigenvalue weighted by Crippen LogP contribution is 2.19. The molecular weight excluding hydrogens is 166 g/mol. The average Bonchev–Trinajstić information content (AvgIpc) is 2.72. The number of rotatable bonds is 2. The second-order valence-electron chi connectivity index (χ2n) is 2.96. The van der Waals surface area contributed by atoms with Crippen molar-refractivity contribution in [3.63, 3.8) is 0 Å². The zero-order valence-corrected chi connectivity index (χ0v) is 7.32. The minimum atomic E-state index is -0.229. The Morgan fingerprint density at radius 3 is 2.92 bits per heavy atom. The van der Waals surface area contributed by atoms with Gasteiger partial charge in [0.25, 0.3) is 0 Å². The van der Waals surface area contributed by atoms with Crippen molar-refractivity contribution >= 4 is 0 Å². The molecule has 3 N–H and O–H groups in total. The fraction of sp³-hybridized carbons (Fsp3) is 0.222. The van der Waals surface area contributed by atoms with E-state index < -0.39 is 0 Å². The monoisotopic (exact) mass is 177 g/mol. The largest absolute Gasteiger partial charge is 0.464 e. The number of aryl methyl sites for hydroxylation is 1. The molecular formula is C9H11N3O. The lowest BCUT2D eigenvalue weighted by molar-refractivity contribution is 0.466. The zero-order valence-electron chi connectivity index (χ0n) is 7.32. The number of hydrogen-bond donors (Lipinski definition) is 2. The van der Waals surface area contributed by atoms with Gasteiger partial charge < -0.3 is 10.2 Å². The average molecular weight is 177 g/mol. The summed E-state index contributed by atoms with van der Waals surface area (Å²) < 4.78 is 5.40. The minimum Gasteiger partial charge on any atom is -0.464 e. The molecule has 0 aliphatic carbocycles. The molecule has 0 aliphatic rings. The van der Waals surface area contributed by atoms with Crippen LogP contribution in [0.2, 0.25) is 0 Å². The van der Waals surface area contributed by atoms with Crippen molar-refractivity contribution in [1.29, 1.82) is 0 Å². The Morgan fingerprint density at radius 1 is 1.54 bits per heavy atom. The second-order valence-corrected chi connectivity index (χ2v) is 2.96. The van der Waals surface area contributed by atoms with Crippen LogP contribution in [0, 0.1) is 6.92 Å². The third-order valence-electron chi connectivity index (χ3n) is 1.95. The second kappa shape index (κ2) is 3.06. The molecule has 0 amide bonds. The predicted octanol–water partition coefficient (Wildman–Crippen LogP) is 1.36. The number of H-pyrrole nitrogens is 1. The fourth-order valence-electron chi connectivity index (χ4n) is 1.22. The van der Waals surface area contributed by atoms with Gasteiger partial charge in [0, 0.05) is 11.8 Å². The summed E-state index contributed by atoms with van der Waals surface area (Å²) in [5, 5.41) is 6.54. The maximum Gasteiger partial charge on any atom is 0.125 e. The van der Waals surface area contributed by atoms with Gasteiger partial charge in [-0.15, -0.1) is 0 Å². The minimum absolute atomic E-state index is 0.229. The first-order valence-corrected chi connectivity index (χ1v) is 4.08. The van der Waals surface area contributed by atoms with Gasteiger partial charge in [0.2, 0.25) is 0 Å². The molecule has 0 aliphatic heterocycles. The molecule has 0 saturated heterocycles. The lowest BCUT2D eigenvalue weighted by Gasteiger charge is -2.04. The van der Waals surface area contributed by atoms with E-state index in [-0.39, 0.29) is 6.04 Å². The number of nitrogens with zero attached hydrogens (tertiary/aromatic N) is 1. The SMILES string of the molecule is Cc1ccc(C(N)c2cn[nH]c2)o1. The van der Waals surface area contributed by atoms with Crippen molar-refractivity contribution in [2.75, 3.05) is 0 Å². The molecule has 1 unspecified atom stereocenters. The van der Waals surface area contributed by atoms with E-state index in [9.17, 15) is 0 Å². The molecule has 0 bridgehead atoms. The first-order valence-electron chi connectivity index (χ1n) is 4.08. The van der Waals surface area contributed by atoms with E-state index in [0.29, 0.717) is 0 Å². The van der Waals surface area contributed by atoms with Crippen LogP contribution in [0.5, 0.6) is 0 Å². The Bertz CT molecular complexity index is 377. The Labute approximate surface area is 75.7 Å². The van der Waals surface area contributed by atoms with Gasteiger partial charge in [0.15, 0.2) is 0 Å². The highest BCUT2D eigenvalue weighted by molar-refractivity contribution is 5.21. The van der Waals surface area contributed by atoms with Crippen LogP contribution in [-0.4, -0.2) is 10.2 Å². The van der Waals surface area contributed by atoms with Crippen molar-refractivity contribution in [2.24, 2.45) is 5.73 Å². The molecule has 0 spiro atoms. The summed E-state index contributed by atoms with van der Waals surface area (Å²) in [5.41, 5.74) is 6.85. The molecule has 4 heteroatoms. The van der Waals surface area contributed by atoms with Gasteiger partial charge in [0.1, 0.15) is 11.5 Å². The number of furan rings is 1. The summed E-state index contributed by atoms with van der Waals surface area (Å²) in [6.07, 6.45) is 3.46. The van der Waals surface area contributed by atoms with E-state index in [4.69, 9.17) is 10.2 Å². The summed E-state index contributed by atoms with van der Waals surface area (Å²) in [6, 6.07) is 3.55. The van der Waals surface area contributed by atoms with Crippen LogP contribution >= 0.6 is 0 Å². The Hall–Kier alpha value is -1.55. The lowest BCUT2D eigenvalue weighted by atomic mass is 10.1. The molecule has 0 aromatic carbocycles. The molecule has 2 aromatic heterocycles. The molecule has 2 aromatic rings. The van der Waals surface area contributed by atoms with Crippen LogP contribution in [0.25, 0.3) is 0 Å². The van der Waals surface area contributed by atoms with Crippen LogP contribution in [0.1, 0.15) is 23.1 Å². The highest BCUT2D eigenvalue weighted by Gasteiger charge is 2.12. The molecule has 4 nitrogen and oxygen atoms in total. The maximum absolute atomic E-state index is 5.92. The van der Waals surface area contributed by atoms with Gasteiger partial charge in [-0.2, -0.15) is 5.10 Å². The first kappa shape index (κ1) is 8.07. The van der Waals surface area contributed by atoms with Gasteiger partial charge in [-0.1, -0.05) is 0 Å². The molecule has 2 rings (SSSR count). The molecule has 0 fully saturated rings. The first-order chi connectivity index (χ1) is 6.27. The number of aromatic nitrogens is 2. The Morgan fingerprint density at radius 2 is 2.38 bits per heavy atom. The van der Waals surface area contributed by atoms with Gasteiger partial charge in [0.05, 0.1) is 12.2 Å². The van der Waals surface area contributed by atoms with E-state index in [1.54, 1.807) is 12.4 Å². The van der Waals surface area contributed by atoms with E-state index >= 15 is 0 Å². The highest BCUT2D eigenvalue weighted by atomic mass is 16.3. The van der Waals surface area contributed by atoms with Crippen LogP contribution < -0.4 is 5.73 Å². The molecule has 0 radical (unpaired) electrons. The van der Waals surface area contributed by atoms with Crippen LogP contribution in [0.15, 0.2) is 28.9 Å². The molecule has 13 heavy (non-hydrogen) atoms. The predicted molar refractivity (Wildman–Crippen MR) is 48.1 cm³/mol. The summed E-state index contributed by atoms with van der Waals surface area (Å²) in [6.45, 7) is 1.89. The van der Waals surface area contributed by atoms with Crippen LogP contribution in [0.4, 0.5) is 0 Å². The quantitative estimate of drug-likeness (QED) is 0.727. The van der Waals surface area contributed by atoms with Gasteiger partial charge in [-0.05, 0) is 19.1 Å². The van der Waals surface area contributed by atoms with Gasteiger partial charge in [-0.3, -0.25) is 5.10 Å². The van der Waals surface area contributed by atoms with E-state index in [2.05, 4.69) is 10.2 Å². The number of hydrogen-bond acceptors (Lipinski definition) is 3. The maximum atomic E-state index is 5.92. The van der Waals surface area contributed by atoms with Crippen LogP contribution in [0.3, 0.4) is 0 Å². The van der Waals surface area contributed by atoms with Crippen molar-refractivity contribution < 1.29 is 4.42 Å². The van der Waals surface area contributed by atoms with Crippen LogP contribution in [-0.2, 0) is 0 Å². The topological polar surface area (TPSA) is 67.8 Å². The van der Waals surface area contributed by atoms with E-state index in [1.807, 2.05) is 19.1 Å². The Kier molecular flexibility index (Phi) is 1.90. The smallest absolute Gasteiger partial charge is 0.125 e. The van der Waals surface area contributed by atoms with Gasteiger partial charge in [-0.25, -0.2) is 0 Å². The molecule has 1 atom stereocenters. The standard InChI is InChI=1S/C9H11N3O/c1-6-2-3-8(13-6)9(10)7-4-11-12-5-7/h2-5,9H,10H2,1H3,(H,11,12). The van der Waals surface area contributed by atoms with E-state index in [0.717, 1.165) is 17.1 Å². The molecule has 2 heterocycles. The summed E-state index contributed by atoms with van der Waals surface area (Å²) in [5.74, 6) is 1.63. The third-order valence-corrected chi connectivity index (χ3v) is 1.95. The van der Waals surface area contributed by atoms with Crippen molar-refractivity contribution in [2.45, 2.75) is 13.0 Å². The van der Waals surface area contributed by atoms with E-state index in [1.165, 1.54) is 0 Å². The Balaban J connectivity index is 2.28. The summed E-state index contributed by atoms with van der Waals surface area (Å²) in [4.78, 5) is 0. The van der Waals surface area contributed by atoms with Crippen molar-refractivity contribution in [1.82, 2.24) is 10.2 Å². The number of nitrogens with one attached hydrogen (secondary N) is 1. The zero-order chi connectivity index (χ0) is 9.26. The third kappa shape index (κ3) is 1.48. The normalized spacial score (nSPS) is 13.1. The summed E-state index contributed by atoms with van der Waals surface area (Å²) >= 11 is 0.